The molecule has 0 bridgehead atoms. The van der Waals surface area contributed by atoms with Gasteiger partial charge in [-0.15, -0.1) is 10.1 Å². The van der Waals surface area contributed by atoms with Gasteiger partial charge in [-0.25, -0.2) is 0 Å². The maximum Gasteiger partial charge on any atom is 0.294 e. The number of amides is 1. The molecule has 5 atom stereocenters. The molecule has 0 aromatic heterocycles. The molecule has 1 aliphatic heterocycles. The minimum atomic E-state index is -0.745. The van der Waals surface area contributed by atoms with E-state index in [4.69, 9.17) is 0 Å². The Labute approximate surface area is 262 Å². The number of aryl methyl sites for hydroxylation is 1. The van der Waals surface area contributed by atoms with Crippen LogP contribution in [0.15, 0.2) is 42.5 Å². The van der Waals surface area contributed by atoms with Crippen molar-refractivity contribution in [3.05, 3.63) is 58.2 Å². The summed E-state index contributed by atoms with van der Waals surface area (Å²) >= 11 is 0. The van der Waals surface area contributed by atoms with Crippen LogP contribution in [-0.2, 0) is 16.1 Å². The summed E-state index contributed by atoms with van der Waals surface area (Å²) in [5.74, 6) is 0.0445. The van der Waals surface area contributed by atoms with Gasteiger partial charge < -0.3 is 35.3 Å². The first-order chi connectivity index (χ1) is 21.3. The lowest BCUT2D eigenvalue weighted by Gasteiger charge is -2.34. The van der Waals surface area contributed by atoms with E-state index in [-0.39, 0.29) is 24.3 Å². The summed E-state index contributed by atoms with van der Waals surface area (Å²) in [5, 5.41) is 44.0. The Bertz CT molecular complexity index is 974. The molecule has 44 heavy (non-hydrogen) atoms. The fraction of sp³-hybridized carbons (Fsp3) is 0.727. The second kappa shape index (κ2) is 20.5. The molecule has 1 amide bonds. The van der Waals surface area contributed by atoms with E-state index < -0.39 is 23.4 Å². The highest BCUT2D eigenvalue weighted by Gasteiger charge is 2.40. The molecule has 1 heterocycles. The summed E-state index contributed by atoms with van der Waals surface area (Å²) in [4.78, 5) is 31.5. The number of nitrogens with zero attached hydrogens (tertiary/aromatic N) is 3. The molecule has 0 spiro atoms. The highest BCUT2D eigenvalue weighted by Crippen LogP contribution is 2.38. The zero-order valence-corrected chi connectivity index (χ0v) is 26.2. The zero-order chi connectivity index (χ0) is 31.6. The van der Waals surface area contributed by atoms with Crippen LogP contribution in [0.3, 0.4) is 0 Å². The van der Waals surface area contributed by atoms with Gasteiger partial charge in [0.1, 0.15) is 0 Å². The summed E-state index contributed by atoms with van der Waals surface area (Å²) in [7, 11) is 0. The van der Waals surface area contributed by atoms with E-state index in [1.54, 1.807) is 0 Å². The Balaban J connectivity index is 1.20. The van der Waals surface area contributed by atoms with Crippen LogP contribution in [0.1, 0.15) is 69.8 Å². The number of hydrogen-bond acceptors (Lipinski definition) is 9. The Morgan fingerprint density at radius 2 is 1.68 bits per heavy atom. The minimum absolute atomic E-state index is 0.00998. The van der Waals surface area contributed by atoms with E-state index in [9.17, 15) is 30.2 Å². The second-order valence-corrected chi connectivity index (χ2v) is 12.4. The average Bonchev–Trinajstić information content (AvgIpc) is 3.29. The SMILES string of the molecule is O=C(CCCC=CC[C@@H]1[C@@H](CC[C@@H](O)CCc2ccccc2)[C@H](O)C[C@@H]1O)NCCCN1CCN(CCCO[N+](=O)[O-])CC1. The van der Waals surface area contributed by atoms with Crippen molar-refractivity contribution in [2.45, 2.75) is 88.9 Å². The van der Waals surface area contributed by atoms with Gasteiger partial charge in [0, 0.05) is 45.7 Å². The van der Waals surface area contributed by atoms with Crippen molar-refractivity contribution in [2.24, 2.45) is 11.8 Å². The van der Waals surface area contributed by atoms with Gasteiger partial charge in [-0.2, -0.15) is 0 Å². The number of piperazine rings is 1. The monoisotopic (exact) mass is 618 g/mol. The van der Waals surface area contributed by atoms with Crippen LogP contribution in [0.25, 0.3) is 0 Å². The Morgan fingerprint density at radius 3 is 2.39 bits per heavy atom. The first kappa shape index (κ1) is 35.9. The van der Waals surface area contributed by atoms with E-state index in [1.807, 2.05) is 18.2 Å². The van der Waals surface area contributed by atoms with Crippen LogP contribution >= 0.6 is 0 Å². The quantitative estimate of drug-likeness (QED) is 0.0706. The molecule has 1 aromatic rings. The summed E-state index contributed by atoms with van der Waals surface area (Å²) in [5.41, 5.74) is 1.21. The molecule has 1 aromatic carbocycles. The van der Waals surface area contributed by atoms with Gasteiger partial charge in [-0.3, -0.25) is 4.79 Å². The fourth-order valence-electron chi connectivity index (χ4n) is 6.45. The molecule has 11 nitrogen and oxygen atoms in total. The number of hydrogen-bond donors (Lipinski definition) is 4. The molecule has 0 unspecified atom stereocenters. The first-order valence-corrected chi connectivity index (χ1v) is 16.5. The zero-order valence-electron chi connectivity index (χ0n) is 26.2. The van der Waals surface area contributed by atoms with Gasteiger partial charge in [0.2, 0.25) is 5.91 Å². The molecule has 2 fully saturated rings. The molecule has 0 radical (unpaired) electrons. The predicted octanol–water partition coefficient (Wildman–Crippen LogP) is 2.96. The van der Waals surface area contributed by atoms with Crippen molar-refractivity contribution < 1.29 is 30.0 Å². The van der Waals surface area contributed by atoms with E-state index in [0.717, 1.165) is 65.0 Å². The molecule has 4 N–H and O–H groups in total. The second-order valence-electron chi connectivity index (χ2n) is 12.4. The molecule has 1 saturated carbocycles. The van der Waals surface area contributed by atoms with Crippen LogP contribution in [0.5, 0.6) is 0 Å². The molecular formula is C33H54N4O7. The normalized spacial score (nSPS) is 23.6. The van der Waals surface area contributed by atoms with Gasteiger partial charge in [0.25, 0.3) is 5.09 Å². The number of unbranched alkanes of at least 4 members (excludes halogenated alkanes) is 1. The van der Waals surface area contributed by atoms with Crippen molar-refractivity contribution in [1.29, 1.82) is 0 Å². The third-order valence-corrected chi connectivity index (χ3v) is 9.07. The highest BCUT2D eigenvalue weighted by molar-refractivity contribution is 5.75. The lowest BCUT2D eigenvalue weighted by atomic mass is 9.85. The van der Waals surface area contributed by atoms with Crippen LogP contribution < -0.4 is 5.32 Å². The Hall–Kier alpha value is -2.57. The van der Waals surface area contributed by atoms with Gasteiger partial charge in [0.05, 0.1) is 24.9 Å². The topological polar surface area (TPSA) is 149 Å². The van der Waals surface area contributed by atoms with E-state index >= 15 is 0 Å². The summed E-state index contributed by atoms with van der Waals surface area (Å²) < 4.78 is 0. The van der Waals surface area contributed by atoms with Crippen LogP contribution in [-0.4, -0.2) is 107 Å². The Kier molecular flexibility index (Phi) is 16.7. The lowest BCUT2D eigenvalue weighted by Crippen LogP contribution is -2.47. The fourth-order valence-corrected chi connectivity index (χ4v) is 6.45. The van der Waals surface area contributed by atoms with Crippen LogP contribution in [0, 0.1) is 22.0 Å². The number of carbonyl (C=O) groups excluding carboxylic acids is 1. The Morgan fingerprint density at radius 1 is 1.00 bits per heavy atom. The predicted molar refractivity (Wildman–Crippen MR) is 169 cm³/mol. The van der Waals surface area contributed by atoms with E-state index in [1.165, 1.54) is 5.56 Å². The molecule has 1 aliphatic carbocycles. The number of benzene rings is 1. The number of aliphatic hydroxyl groups excluding tert-OH is 3. The van der Waals surface area contributed by atoms with Crippen LogP contribution in [0.4, 0.5) is 0 Å². The molecular weight excluding hydrogens is 564 g/mol. The standard InChI is InChI=1S/C33H54N4O7/c38-28(15-14-27-10-4-3-5-11-27)16-17-30-29(31(39)26-32(30)40)12-6-1-2-7-13-33(41)34-18-8-19-35-21-23-36(24-22-35)20-9-25-44-37(42)43/h1,3-6,10-11,28-32,38-40H,2,7-9,12-26H2,(H,34,41)/t28-,29+,30+,31-,32+/m0/s1. The van der Waals surface area contributed by atoms with E-state index in [2.05, 4.69) is 44.2 Å². The van der Waals surface area contributed by atoms with Crippen molar-refractivity contribution in [3.8, 4) is 0 Å². The minimum Gasteiger partial charge on any atom is -0.393 e. The van der Waals surface area contributed by atoms with Gasteiger partial charge >= 0.3 is 0 Å². The van der Waals surface area contributed by atoms with Crippen molar-refractivity contribution >= 4 is 5.91 Å². The lowest BCUT2D eigenvalue weighted by molar-refractivity contribution is -0.757. The van der Waals surface area contributed by atoms with Gasteiger partial charge in [-0.05, 0) is 88.2 Å². The number of carbonyl (C=O) groups is 1. The summed E-state index contributed by atoms with van der Waals surface area (Å²) in [6.45, 7) is 6.36. The van der Waals surface area contributed by atoms with Gasteiger partial charge in [0.15, 0.2) is 0 Å². The summed E-state index contributed by atoms with van der Waals surface area (Å²) in [6.07, 6.45) is 10.2. The molecule has 1 saturated heterocycles. The molecule has 2 aliphatic rings. The van der Waals surface area contributed by atoms with Crippen LogP contribution in [0.2, 0.25) is 0 Å². The van der Waals surface area contributed by atoms with Crippen molar-refractivity contribution in [2.75, 3.05) is 52.4 Å². The molecule has 11 heteroatoms. The van der Waals surface area contributed by atoms with Gasteiger partial charge in [-0.1, -0.05) is 42.5 Å². The third kappa shape index (κ3) is 14.0. The van der Waals surface area contributed by atoms with E-state index in [0.29, 0.717) is 51.5 Å². The molecule has 3 rings (SSSR count). The molecule has 248 valence electrons. The summed E-state index contributed by atoms with van der Waals surface area (Å²) in [6, 6.07) is 10.1. The first-order valence-electron chi connectivity index (χ1n) is 16.5. The average molecular weight is 619 g/mol. The van der Waals surface area contributed by atoms with Crippen molar-refractivity contribution in [1.82, 2.24) is 15.1 Å². The number of allylic oxidation sites excluding steroid dienone is 2. The smallest absolute Gasteiger partial charge is 0.294 e. The highest BCUT2D eigenvalue weighted by atomic mass is 16.9. The largest absolute Gasteiger partial charge is 0.393 e. The maximum absolute atomic E-state index is 12.2. The number of rotatable bonds is 21. The van der Waals surface area contributed by atoms with Crippen molar-refractivity contribution in [3.63, 3.8) is 0 Å². The number of aliphatic hydroxyl groups is 3. The maximum atomic E-state index is 12.2. The number of nitrogens with one attached hydrogen (secondary N) is 1. The third-order valence-electron chi connectivity index (χ3n) is 9.07.